The van der Waals surface area contributed by atoms with Gasteiger partial charge in [0.05, 0.1) is 0 Å². The highest BCUT2D eigenvalue weighted by Crippen LogP contribution is 2.33. The standard InChI is InChI=1S/C14H18ClN3O/c1-9(2)17-7-5-10(8-17)14-16-13(15)12-11(19)4-3-6-18(12)14/h3-4,6,9-10,19H,5,7-8H2,1-2H3. The van der Waals surface area contributed by atoms with Crippen LogP contribution >= 0.6 is 11.6 Å². The molecule has 4 nitrogen and oxygen atoms in total. The van der Waals surface area contributed by atoms with Crippen LogP contribution in [-0.4, -0.2) is 38.5 Å². The Bertz CT molecular complexity index is 608. The molecule has 1 aliphatic heterocycles. The lowest BCUT2D eigenvalue weighted by Gasteiger charge is -2.19. The Kier molecular flexibility index (Phi) is 3.15. The summed E-state index contributed by atoms with van der Waals surface area (Å²) in [4.78, 5) is 6.91. The Labute approximate surface area is 117 Å². The Morgan fingerprint density at radius 2 is 2.26 bits per heavy atom. The Morgan fingerprint density at radius 3 is 2.95 bits per heavy atom. The summed E-state index contributed by atoms with van der Waals surface area (Å²) in [6.45, 7) is 6.52. The van der Waals surface area contributed by atoms with Crippen molar-refractivity contribution in [2.75, 3.05) is 13.1 Å². The van der Waals surface area contributed by atoms with Crippen LogP contribution in [0.1, 0.15) is 32.0 Å². The maximum atomic E-state index is 9.89. The summed E-state index contributed by atoms with van der Waals surface area (Å²) in [5, 5.41) is 10.3. The van der Waals surface area contributed by atoms with Gasteiger partial charge in [-0.2, -0.15) is 0 Å². The molecule has 0 aromatic carbocycles. The first-order valence-corrected chi connectivity index (χ1v) is 7.05. The number of nitrogens with zero attached hydrogens (tertiary/aromatic N) is 3. The van der Waals surface area contributed by atoms with Crippen molar-refractivity contribution in [3.63, 3.8) is 0 Å². The topological polar surface area (TPSA) is 40.8 Å². The Balaban J connectivity index is 2.01. The molecule has 2 aromatic heterocycles. The van der Waals surface area contributed by atoms with E-state index in [-0.39, 0.29) is 5.75 Å². The minimum Gasteiger partial charge on any atom is -0.506 e. The third-order valence-corrected chi connectivity index (χ3v) is 4.21. The van der Waals surface area contributed by atoms with Crippen molar-refractivity contribution >= 4 is 17.1 Å². The van der Waals surface area contributed by atoms with Crippen LogP contribution < -0.4 is 0 Å². The van der Waals surface area contributed by atoms with E-state index in [2.05, 4.69) is 23.7 Å². The number of fused-ring (bicyclic) bond motifs is 1. The third kappa shape index (κ3) is 2.09. The molecule has 1 saturated heterocycles. The van der Waals surface area contributed by atoms with Gasteiger partial charge >= 0.3 is 0 Å². The molecule has 0 saturated carbocycles. The predicted molar refractivity (Wildman–Crippen MR) is 75.9 cm³/mol. The molecule has 0 aliphatic carbocycles. The van der Waals surface area contributed by atoms with Crippen LogP contribution in [0.25, 0.3) is 5.52 Å². The van der Waals surface area contributed by atoms with Gasteiger partial charge in [-0.15, -0.1) is 0 Å². The molecule has 1 N–H and O–H groups in total. The van der Waals surface area contributed by atoms with E-state index in [0.717, 1.165) is 25.3 Å². The fraction of sp³-hybridized carbons (Fsp3) is 0.500. The van der Waals surface area contributed by atoms with Crippen molar-refractivity contribution in [2.45, 2.75) is 32.2 Å². The van der Waals surface area contributed by atoms with Crippen LogP contribution in [0.3, 0.4) is 0 Å². The van der Waals surface area contributed by atoms with Crippen LogP contribution in [0.4, 0.5) is 0 Å². The van der Waals surface area contributed by atoms with E-state index in [1.165, 1.54) is 0 Å². The zero-order valence-corrected chi connectivity index (χ0v) is 11.9. The number of likely N-dealkylation sites (tertiary alicyclic amines) is 1. The van der Waals surface area contributed by atoms with Gasteiger partial charge in [-0.25, -0.2) is 4.98 Å². The maximum Gasteiger partial charge on any atom is 0.158 e. The highest BCUT2D eigenvalue weighted by molar-refractivity contribution is 6.33. The molecule has 3 rings (SSSR count). The molecule has 0 bridgehead atoms. The molecular formula is C14H18ClN3O. The predicted octanol–water partition coefficient (Wildman–Crippen LogP) is 2.89. The highest BCUT2D eigenvalue weighted by atomic mass is 35.5. The second-order valence-corrected chi connectivity index (χ2v) is 5.81. The molecule has 1 atom stereocenters. The normalized spacial score (nSPS) is 20.7. The third-order valence-electron chi connectivity index (χ3n) is 3.94. The lowest BCUT2D eigenvalue weighted by molar-refractivity contribution is 0.272. The van der Waals surface area contributed by atoms with E-state index in [1.807, 2.05) is 16.7 Å². The molecule has 0 amide bonds. The van der Waals surface area contributed by atoms with E-state index in [9.17, 15) is 5.11 Å². The SMILES string of the molecule is CC(C)N1CCC(c2nc(Cl)c3c(O)cccn23)C1. The summed E-state index contributed by atoms with van der Waals surface area (Å²) in [7, 11) is 0. The molecule has 0 radical (unpaired) electrons. The van der Waals surface area contributed by atoms with Crippen LogP contribution in [0.15, 0.2) is 18.3 Å². The van der Waals surface area contributed by atoms with Gasteiger partial charge in [0.2, 0.25) is 0 Å². The first-order valence-electron chi connectivity index (χ1n) is 6.67. The number of aromatic nitrogens is 2. The summed E-state index contributed by atoms with van der Waals surface area (Å²) in [5.74, 6) is 1.52. The van der Waals surface area contributed by atoms with Gasteiger partial charge in [0.1, 0.15) is 17.1 Å². The average Bonchev–Trinajstić information content (AvgIpc) is 2.95. The molecule has 1 fully saturated rings. The quantitative estimate of drug-likeness (QED) is 0.919. The first-order chi connectivity index (χ1) is 9.08. The van der Waals surface area contributed by atoms with Crippen molar-refractivity contribution in [3.8, 4) is 5.75 Å². The number of hydrogen-bond donors (Lipinski definition) is 1. The smallest absolute Gasteiger partial charge is 0.158 e. The largest absolute Gasteiger partial charge is 0.506 e. The van der Waals surface area contributed by atoms with Crippen molar-refractivity contribution in [3.05, 3.63) is 29.3 Å². The summed E-state index contributed by atoms with van der Waals surface area (Å²) in [6, 6.07) is 4.01. The van der Waals surface area contributed by atoms with Gasteiger partial charge in [0.15, 0.2) is 5.15 Å². The molecular weight excluding hydrogens is 262 g/mol. The van der Waals surface area contributed by atoms with Gasteiger partial charge in [-0.1, -0.05) is 11.6 Å². The van der Waals surface area contributed by atoms with Crippen molar-refractivity contribution in [2.24, 2.45) is 0 Å². The molecule has 19 heavy (non-hydrogen) atoms. The van der Waals surface area contributed by atoms with E-state index in [4.69, 9.17) is 11.6 Å². The lowest BCUT2D eigenvalue weighted by atomic mass is 10.1. The zero-order valence-electron chi connectivity index (χ0n) is 11.2. The van der Waals surface area contributed by atoms with E-state index in [1.54, 1.807) is 6.07 Å². The fourth-order valence-corrected chi connectivity index (χ4v) is 3.13. The number of imidazole rings is 1. The minimum absolute atomic E-state index is 0.185. The number of rotatable bonds is 2. The highest BCUT2D eigenvalue weighted by Gasteiger charge is 2.29. The molecule has 102 valence electrons. The lowest BCUT2D eigenvalue weighted by Crippen LogP contribution is -2.28. The van der Waals surface area contributed by atoms with Gasteiger partial charge in [-0.3, -0.25) is 4.40 Å². The van der Waals surface area contributed by atoms with Crippen LogP contribution in [0.5, 0.6) is 5.75 Å². The number of aromatic hydroxyl groups is 1. The molecule has 2 aromatic rings. The molecule has 5 heteroatoms. The van der Waals surface area contributed by atoms with E-state index >= 15 is 0 Å². The minimum atomic E-state index is 0.185. The summed E-state index contributed by atoms with van der Waals surface area (Å²) in [5.41, 5.74) is 0.613. The van der Waals surface area contributed by atoms with E-state index in [0.29, 0.717) is 22.6 Å². The van der Waals surface area contributed by atoms with Gasteiger partial charge in [0.25, 0.3) is 0 Å². The van der Waals surface area contributed by atoms with Crippen LogP contribution in [-0.2, 0) is 0 Å². The van der Waals surface area contributed by atoms with Gasteiger partial charge < -0.3 is 10.0 Å². The van der Waals surface area contributed by atoms with Crippen LogP contribution in [0, 0.1) is 0 Å². The van der Waals surface area contributed by atoms with Crippen molar-refractivity contribution in [1.82, 2.24) is 14.3 Å². The second-order valence-electron chi connectivity index (χ2n) is 5.45. The Hall–Kier alpha value is -1.26. The van der Waals surface area contributed by atoms with Crippen molar-refractivity contribution < 1.29 is 5.11 Å². The van der Waals surface area contributed by atoms with Gasteiger partial charge in [-0.05, 0) is 38.9 Å². The maximum absolute atomic E-state index is 9.89. The van der Waals surface area contributed by atoms with Gasteiger partial charge in [0, 0.05) is 24.7 Å². The molecule has 1 aliphatic rings. The van der Waals surface area contributed by atoms with E-state index < -0.39 is 0 Å². The first kappa shape index (κ1) is 12.8. The summed E-state index contributed by atoms with van der Waals surface area (Å²) in [6.07, 6.45) is 3.00. The molecule has 0 spiro atoms. The summed E-state index contributed by atoms with van der Waals surface area (Å²) >= 11 is 6.15. The Morgan fingerprint density at radius 1 is 1.47 bits per heavy atom. The summed E-state index contributed by atoms with van der Waals surface area (Å²) < 4.78 is 1.92. The number of halogens is 1. The fourth-order valence-electron chi connectivity index (χ4n) is 2.86. The number of hydrogen-bond acceptors (Lipinski definition) is 3. The second kappa shape index (κ2) is 4.69. The molecule has 1 unspecified atom stereocenters. The van der Waals surface area contributed by atoms with Crippen LogP contribution in [0.2, 0.25) is 5.15 Å². The van der Waals surface area contributed by atoms with Crippen molar-refractivity contribution in [1.29, 1.82) is 0 Å². The molecule has 3 heterocycles. The average molecular weight is 280 g/mol. The monoisotopic (exact) mass is 279 g/mol. The number of pyridine rings is 1. The zero-order chi connectivity index (χ0) is 13.6.